The summed E-state index contributed by atoms with van der Waals surface area (Å²) in [4.78, 5) is 12.6. The lowest BCUT2D eigenvalue weighted by Crippen LogP contribution is -2.24. The fraction of sp³-hybridized carbons (Fsp3) is 0.0588. The lowest BCUT2D eigenvalue weighted by molar-refractivity contribution is 0.597. The van der Waals surface area contributed by atoms with E-state index in [4.69, 9.17) is 0 Å². The monoisotopic (exact) mass is 303 g/mol. The zero-order valence-corrected chi connectivity index (χ0v) is 12.2. The maximum Gasteiger partial charge on any atom is 0.281 e. The van der Waals surface area contributed by atoms with E-state index in [1.54, 1.807) is 10.9 Å². The molecule has 0 radical (unpaired) electrons. The summed E-state index contributed by atoms with van der Waals surface area (Å²) in [7, 11) is 0. The fourth-order valence-electron chi connectivity index (χ4n) is 2.48. The SMILES string of the molecule is O=c1c2cnn(-c3ccccc3)c2nnn1Cc1ccccc1. The van der Waals surface area contributed by atoms with Crippen molar-refractivity contribution in [2.45, 2.75) is 6.54 Å². The minimum Gasteiger partial charge on any atom is -0.267 e. The number of hydrogen-bond acceptors (Lipinski definition) is 4. The molecular weight excluding hydrogens is 290 g/mol. The molecule has 0 saturated heterocycles. The molecule has 0 spiro atoms. The van der Waals surface area contributed by atoms with Crippen LogP contribution in [0.1, 0.15) is 5.56 Å². The van der Waals surface area contributed by atoms with Gasteiger partial charge in [0.2, 0.25) is 0 Å². The molecule has 6 nitrogen and oxygen atoms in total. The number of benzene rings is 2. The molecule has 4 rings (SSSR count). The minimum atomic E-state index is -0.193. The third kappa shape index (κ3) is 2.40. The summed E-state index contributed by atoms with van der Waals surface area (Å²) < 4.78 is 2.98. The van der Waals surface area contributed by atoms with E-state index in [-0.39, 0.29) is 5.56 Å². The van der Waals surface area contributed by atoms with E-state index in [0.29, 0.717) is 17.6 Å². The number of fused-ring (bicyclic) bond motifs is 1. The highest BCUT2D eigenvalue weighted by Gasteiger charge is 2.12. The normalized spacial score (nSPS) is 11.0. The number of hydrogen-bond donors (Lipinski definition) is 0. The van der Waals surface area contributed by atoms with E-state index in [1.807, 2.05) is 60.7 Å². The Morgan fingerprint density at radius 1 is 0.913 bits per heavy atom. The first kappa shape index (κ1) is 13.4. The van der Waals surface area contributed by atoms with Crippen LogP contribution >= 0.6 is 0 Å². The summed E-state index contributed by atoms with van der Waals surface area (Å²) in [5.74, 6) is 0. The highest BCUT2D eigenvalue weighted by atomic mass is 16.1. The van der Waals surface area contributed by atoms with Gasteiger partial charge in [0.15, 0.2) is 5.65 Å². The van der Waals surface area contributed by atoms with Crippen LogP contribution < -0.4 is 5.56 Å². The van der Waals surface area contributed by atoms with Crippen molar-refractivity contribution >= 4 is 11.0 Å². The van der Waals surface area contributed by atoms with E-state index in [0.717, 1.165) is 11.3 Å². The first-order valence-electron chi connectivity index (χ1n) is 7.24. The average molecular weight is 303 g/mol. The van der Waals surface area contributed by atoms with E-state index in [1.165, 1.54) is 4.68 Å². The maximum absolute atomic E-state index is 12.6. The molecule has 2 heterocycles. The molecule has 6 heteroatoms. The van der Waals surface area contributed by atoms with Crippen LogP contribution in [0.25, 0.3) is 16.7 Å². The molecule has 4 aromatic rings. The quantitative estimate of drug-likeness (QED) is 0.581. The summed E-state index contributed by atoms with van der Waals surface area (Å²) in [6.45, 7) is 0.388. The zero-order valence-electron chi connectivity index (χ0n) is 12.2. The first-order valence-corrected chi connectivity index (χ1v) is 7.24. The van der Waals surface area contributed by atoms with Gasteiger partial charge in [-0.3, -0.25) is 4.79 Å². The predicted octanol–water partition coefficient (Wildman–Crippen LogP) is 2.03. The Morgan fingerprint density at radius 2 is 1.61 bits per heavy atom. The van der Waals surface area contributed by atoms with Gasteiger partial charge in [0.1, 0.15) is 5.39 Å². The van der Waals surface area contributed by atoms with Crippen LogP contribution in [0.15, 0.2) is 71.7 Å². The van der Waals surface area contributed by atoms with Gasteiger partial charge in [-0.1, -0.05) is 53.7 Å². The molecule has 0 atom stereocenters. The molecule has 0 fully saturated rings. The molecule has 0 unspecified atom stereocenters. The van der Waals surface area contributed by atoms with Crippen molar-refractivity contribution in [2.75, 3.05) is 0 Å². The number of para-hydroxylation sites is 1. The molecule has 0 aliphatic heterocycles. The second-order valence-electron chi connectivity index (χ2n) is 5.17. The second-order valence-corrected chi connectivity index (χ2v) is 5.17. The maximum atomic E-state index is 12.6. The highest BCUT2D eigenvalue weighted by molar-refractivity contribution is 5.74. The Labute approximate surface area is 131 Å². The average Bonchev–Trinajstić information content (AvgIpc) is 3.04. The van der Waals surface area contributed by atoms with Crippen molar-refractivity contribution in [1.29, 1.82) is 0 Å². The van der Waals surface area contributed by atoms with Gasteiger partial charge in [-0.05, 0) is 17.7 Å². The third-order valence-electron chi connectivity index (χ3n) is 3.63. The van der Waals surface area contributed by atoms with Crippen LogP contribution in [0.2, 0.25) is 0 Å². The van der Waals surface area contributed by atoms with E-state index >= 15 is 0 Å². The molecule has 2 aromatic carbocycles. The Morgan fingerprint density at radius 3 is 2.35 bits per heavy atom. The molecule has 0 aliphatic carbocycles. The minimum absolute atomic E-state index is 0.193. The summed E-state index contributed by atoms with van der Waals surface area (Å²) in [6, 6.07) is 19.3. The second kappa shape index (κ2) is 5.49. The Bertz CT molecular complexity index is 1010. The third-order valence-corrected chi connectivity index (χ3v) is 3.63. The molecule has 0 amide bonds. The van der Waals surface area contributed by atoms with Gasteiger partial charge in [-0.15, -0.1) is 5.10 Å². The number of nitrogens with zero attached hydrogens (tertiary/aromatic N) is 5. The summed E-state index contributed by atoms with van der Waals surface area (Å²) >= 11 is 0. The van der Waals surface area contributed by atoms with Gasteiger partial charge in [-0.2, -0.15) is 5.10 Å². The van der Waals surface area contributed by atoms with Gasteiger partial charge in [-0.25, -0.2) is 9.36 Å². The predicted molar refractivity (Wildman–Crippen MR) is 86.5 cm³/mol. The molecule has 0 aliphatic rings. The van der Waals surface area contributed by atoms with Crippen molar-refractivity contribution in [3.05, 3.63) is 82.8 Å². The lowest BCUT2D eigenvalue weighted by Gasteiger charge is -2.04. The summed E-state index contributed by atoms with van der Waals surface area (Å²) in [5.41, 5.74) is 2.11. The largest absolute Gasteiger partial charge is 0.281 e. The summed E-state index contributed by atoms with van der Waals surface area (Å²) in [6.07, 6.45) is 1.54. The smallest absolute Gasteiger partial charge is 0.267 e. The standard InChI is InChI=1S/C17H13N5O/c23-17-15-11-18-22(14-9-5-2-6-10-14)16(15)19-20-21(17)12-13-7-3-1-4-8-13/h1-11H,12H2. The molecule has 0 bridgehead atoms. The van der Waals surface area contributed by atoms with Crippen molar-refractivity contribution < 1.29 is 0 Å². The topological polar surface area (TPSA) is 65.6 Å². The fourth-order valence-corrected chi connectivity index (χ4v) is 2.48. The number of aromatic nitrogens is 5. The lowest BCUT2D eigenvalue weighted by atomic mass is 10.2. The molecule has 0 N–H and O–H groups in total. The van der Waals surface area contributed by atoms with Gasteiger partial charge < -0.3 is 0 Å². The van der Waals surface area contributed by atoms with Crippen molar-refractivity contribution in [3.8, 4) is 5.69 Å². The molecule has 0 saturated carbocycles. The molecule has 112 valence electrons. The van der Waals surface area contributed by atoms with Crippen LogP contribution in [0.3, 0.4) is 0 Å². The van der Waals surface area contributed by atoms with E-state index < -0.39 is 0 Å². The van der Waals surface area contributed by atoms with Crippen LogP contribution in [0, 0.1) is 0 Å². The van der Waals surface area contributed by atoms with Crippen molar-refractivity contribution in [1.82, 2.24) is 24.8 Å². The van der Waals surface area contributed by atoms with Crippen molar-refractivity contribution in [2.24, 2.45) is 0 Å². The highest BCUT2D eigenvalue weighted by Crippen LogP contribution is 2.12. The van der Waals surface area contributed by atoms with E-state index in [2.05, 4.69) is 15.4 Å². The Kier molecular flexibility index (Phi) is 3.20. The molecule has 23 heavy (non-hydrogen) atoms. The first-order chi connectivity index (χ1) is 11.3. The zero-order chi connectivity index (χ0) is 15.6. The Balaban J connectivity index is 1.80. The van der Waals surface area contributed by atoms with Crippen LogP contribution in [0.4, 0.5) is 0 Å². The number of rotatable bonds is 3. The molecular formula is C17H13N5O. The Hall–Kier alpha value is -3.28. The van der Waals surface area contributed by atoms with Gasteiger partial charge in [0, 0.05) is 0 Å². The van der Waals surface area contributed by atoms with Gasteiger partial charge in [0.05, 0.1) is 18.4 Å². The van der Waals surface area contributed by atoms with Gasteiger partial charge in [0.25, 0.3) is 5.56 Å². The van der Waals surface area contributed by atoms with Crippen molar-refractivity contribution in [3.63, 3.8) is 0 Å². The van der Waals surface area contributed by atoms with Crippen LogP contribution in [-0.2, 0) is 6.54 Å². The van der Waals surface area contributed by atoms with E-state index in [9.17, 15) is 4.79 Å². The van der Waals surface area contributed by atoms with Gasteiger partial charge >= 0.3 is 0 Å². The van der Waals surface area contributed by atoms with Crippen LogP contribution in [0.5, 0.6) is 0 Å². The summed E-state index contributed by atoms with van der Waals surface area (Å²) in [5, 5.41) is 13.0. The molecule has 2 aromatic heterocycles. The van der Waals surface area contributed by atoms with Crippen LogP contribution in [-0.4, -0.2) is 24.8 Å².